The number of nitrogens with one attached hydrogen (secondary N) is 2. The third-order valence-electron chi connectivity index (χ3n) is 4.21. The third kappa shape index (κ3) is 2.74. The van der Waals surface area contributed by atoms with Gasteiger partial charge < -0.3 is 10.6 Å². The molecule has 1 saturated heterocycles. The van der Waals surface area contributed by atoms with Gasteiger partial charge in [-0.1, -0.05) is 0 Å². The molecule has 2 aromatic heterocycles. The molecule has 0 aliphatic carbocycles. The quantitative estimate of drug-likeness (QED) is 0.758. The molecule has 8 heteroatoms. The maximum Gasteiger partial charge on any atom is 0.321 e. The van der Waals surface area contributed by atoms with Gasteiger partial charge in [-0.2, -0.15) is 5.10 Å². The second-order valence-corrected chi connectivity index (χ2v) is 6.95. The lowest BCUT2D eigenvalue weighted by Gasteiger charge is -2.14. The predicted molar refractivity (Wildman–Crippen MR) is 98.5 cm³/mol. The van der Waals surface area contributed by atoms with Crippen molar-refractivity contribution < 1.29 is 9.59 Å². The third-order valence-corrected chi connectivity index (χ3v) is 5.41. The number of nitrogens with zero attached hydrogens (tertiary/aromatic N) is 3. The fourth-order valence-electron chi connectivity index (χ4n) is 2.95. The van der Waals surface area contributed by atoms with E-state index in [1.165, 1.54) is 11.3 Å². The topological polar surface area (TPSA) is 79.3 Å². The minimum Gasteiger partial charge on any atom is -0.336 e. The van der Waals surface area contributed by atoms with Crippen molar-refractivity contribution in [1.29, 1.82) is 0 Å². The van der Waals surface area contributed by atoms with Gasteiger partial charge in [-0.25, -0.2) is 4.79 Å². The SMILES string of the molecule is Cc1nn(C)c2sc(C(=O)Nc3ccc(N4CCNC4=O)cc3)cc12. The summed E-state index contributed by atoms with van der Waals surface area (Å²) in [5, 5.41) is 11.0. The molecule has 25 heavy (non-hydrogen) atoms. The van der Waals surface area contributed by atoms with Crippen molar-refractivity contribution in [3.05, 3.63) is 40.9 Å². The second kappa shape index (κ2) is 5.89. The monoisotopic (exact) mass is 355 g/mol. The Bertz CT molecular complexity index is 939. The van der Waals surface area contributed by atoms with Gasteiger partial charge in [-0.3, -0.25) is 14.4 Å². The highest BCUT2D eigenvalue weighted by molar-refractivity contribution is 7.20. The summed E-state index contributed by atoms with van der Waals surface area (Å²) >= 11 is 1.42. The zero-order valence-corrected chi connectivity index (χ0v) is 14.7. The number of aryl methyl sites for hydroxylation is 2. The summed E-state index contributed by atoms with van der Waals surface area (Å²) in [5.41, 5.74) is 2.43. The lowest BCUT2D eigenvalue weighted by molar-refractivity contribution is 0.103. The molecule has 0 radical (unpaired) electrons. The number of urea groups is 1. The van der Waals surface area contributed by atoms with Crippen molar-refractivity contribution in [2.24, 2.45) is 7.05 Å². The first-order valence-corrected chi connectivity index (χ1v) is 8.74. The maximum absolute atomic E-state index is 12.5. The number of amides is 3. The summed E-state index contributed by atoms with van der Waals surface area (Å²) < 4.78 is 1.79. The molecular formula is C17H17N5O2S. The highest BCUT2D eigenvalue weighted by Gasteiger charge is 2.21. The molecule has 0 bridgehead atoms. The molecule has 1 aliphatic rings. The van der Waals surface area contributed by atoms with Gasteiger partial charge in [0, 0.05) is 36.9 Å². The Morgan fingerprint density at radius 2 is 2.08 bits per heavy atom. The van der Waals surface area contributed by atoms with Gasteiger partial charge in [0.2, 0.25) is 0 Å². The summed E-state index contributed by atoms with van der Waals surface area (Å²) in [5.74, 6) is -0.146. The highest BCUT2D eigenvalue weighted by atomic mass is 32.1. The van der Waals surface area contributed by atoms with Crippen LogP contribution in [0.25, 0.3) is 10.2 Å². The number of carbonyl (C=O) groups is 2. The van der Waals surface area contributed by atoms with Crippen LogP contribution in [0.3, 0.4) is 0 Å². The van der Waals surface area contributed by atoms with Crippen LogP contribution in [-0.4, -0.2) is 34.8 Å². The minimum atomic E-state index is -0.146. The average molecular weight is 355 g/mol. The lowest BCUT2D eigenvalue weighted by atomic mass is 10.2. The number of hydrogen-bond donors (Lipinski definition) is 2. The highest BCUT2D eigenvalue weighted by Crippen LogP contribution is 2.28. The second-order valence-electron chi connectivity index (χ2n) is 5.92. The molecule has 7 nitrogen and oxygen atoms in total. The molecule has 3 heterocycles. The summed E-state index contributed by atoms with van der Waals surface area (Å²) in [6.45, 7) is 3.24. The van der Waals surface area contributed by atoms with E-state index in [2.05, 4.69) is 15.7 Å². The molecule has 0 spiro atoms. The van der Waals surface area contributed by atoms with E-state index in [0.717, 1.165) is 21.6 Å². The Kier molecular flexibility index (Phi) is 3.69. The van der Waals surface area contributed by atoms with Crippen molar-refractivity contribution in [1.82, 2.24) is 15.1 Å². The van der Waals surface area contributed by atoms with Gasteiger partial charge in [0.1, 0.15) is 4.83 Å². The van der Waals surface area contributed by atoms with Crippen molar-refractivity contribution in [2.45, 2.75) is 6.92 Å². The average Bonchev–Trinajstić information content (AvgIpc) is 3.27. The van der Waals surface area contributed by atoms with E-state index < -0.39 is 0 Å². The Balaban J connectivity index is 1.51. The lowest BCUT2D eigenvalue weighted by Crippen LogP contribution is -2.27. The molecule has 0 saturated carbocycles. The van der Waals surface area contributed by atoms with Crippen molar-refractivity contribution >= 4 is 44.9 Å². The van der Waals surface area contributed by atoms with E-state index in [1.807, 2.05) is 32.2 Å². The van der Waals surface area contributed by atoms with Gasteiger partial charge in [-0.05, 0) is 37.3 Å². The molecule has 128 valence electrons. The van der Waals surface area contributed by atoms with Gasteiger partial charge in [-0.15, -0.1) is 11.3 Å². The standard InChI is InChI=1S/C17H17N5O2S/c1-10-13-9-14(25-16(13)21(2)20-10)15(23)19-11-3-5-12(6-4-11)22-8-7-18-17(22)24/h3-6,9H,7-8H2,1-2H3,(H,18,24)(H,19,23). The van der Waals surface area contributed by atoms with Crippen LogP contribution >= 0.6 is 11.3 Å². The van der Waals surface area contributed by atoms with Crippen LogP contribution in [0.15, 0.2) is 30.3 Å². The summed E-state index contributed by atoms with van der Waals surface area (Å²) in [7, 11) is 1.88. The number of aromatic nitrogens is 2. The number of rotatable bonds is 3. The van der Waals surface area contributed by atoms with Gasteiger partial charge in [0.25, 0.3) is 5.91 Å². The predicted octanol–water partition coefficient (Wildman–Crippen LogP) is 2.73. The normalized spacial score (nSPS) is 14.2. The van der Waals surface area contributed by atoms with Crippen LogP contribution in [0.4, 0.5) is 16.2 Å². The first-order chi connectivity index (χ1) is 12.0. The molecule has 0 atom stereocenters. The number of carbonyl (C=O) groups excluding carboxylic acids is 2. The number of thiophene rings is 1. The van der Waals surface area contributed by atoms with Gasteiger partial charge in [0.05, 0.1) is 10.6 Å². The summed E-state index contributed by atoms with van der Waals surface area (Å²) in [6.07, 6.45) is 0. The first-order valence-electron chi connectivity index (χ1n) is 7.93. The Morgan fingerprint density at radius 1 is 1.32 bits per heavy atom. The molecule has 1 aliphatic heterocycles. The molecule has 1 fully saturated rings. The summed E-state index contributed by atoms with van der Waals surface area (Å²) in [4.78, 5) is 27.5. The smallest absolute Gasteiger partial charge is 0.321 e. The van der Waals surface area contributed by atoms with Gasteiger partial charge in [0.15, 0.2) is 0 Å². The largest absolute Gasteiger partial charge is 0.336 e. The molecule has 1 aromatic carbocycles. The number of anilines is 2. The molecule has 4 rings (SSSR count). The Labute approximate surface area is 148 Å². The van der Waals surface area contributed by atoms with Crippen molar-refractivity contribution in [2.75, 3.05) is 23.3 Å². The van der Waals surface area contributed by atoms with E-state index >= 15 is 0 Å². The van der Waals surface area contributed by atoms with Crippen LogP contribution in [0.2, 0.25) is 0 Å². The Hall–Kier alpha value is -2.87. The number of benzene rings is 1. The van der Waals surface area contributed by atoms with Gasteiger partial charge >= 0.3 is 6.03 Å². The zero-order valence-electron chi connectivity index (χ0n) is 13.9. The number of fused-ring (bicyclic) bond motifs is 1. The molecule has 3 amide bonds. The van der Waals surface area contributed by atoms with Crippen molar-refractivity contribution in [3.8, 4) is 0 Å². The number of hydrogen-bond acceptors (Lipinski definition) is 4. The molecule has 0 unspecified atom stereocenters. The first kappa shape index (κ1) is 15.6. The molecule has 3 aromatic rings. The Morgan fingerprint density at radius 3 is 2.72 bits per heavy atom. The van der Waals surface area contributed by atoms with Crippen molar-refractivity contribution in [3.63, 3.8) is 0 Å². The van der Waals surface area contributed by atoms with Crippen LogP contribution in [0, 0.1) is 6.92 Å². The summed E-state index contributed by atoms with van der Waals surface area (Å²) in [6, 6.07) is 9.06. The maximum atomic E-state index is 12.5. The van der Waals surface area contributed by atoms with E-state index in [1.54, 1.807) is 21.7 Å². The molecule has 2 N–H and O–H groups in total. The van der Waals surface area contributed by atoms with E-state index in [4.69, 9.17) is 0 Å². The van der Waals surface area contributed by atoms with Crippen LogP contribution < -0.4 is 15.5 Å². The molecular weight excluding hydrogens is 338 g/mol. The fraction of sp³-hybridized carbons (Fsp3) is 0.235. The van der Waals surface area contributed by atoms with E-state index in [0.29, 0.717) is 23.7 Å². The van der Waals surface area contributed by atoms with E-state index in [9.17, 15) is 9.59 Å². The van der Waals surface area contributed by atoms with Crippen LogP contribution in [0.5, 0.6) is 0 Å². The van der Waals surface area contributed by atoms with Crippen LogP contribution in [0.1, 0.15) is 15.4 Å². The van der Waals surface area contributed by atoms with Crippen LogP contribution in [-0.2, 0) is 7.05 Å². The zero-order chi connectivity index (χ0) is 17.6. The fourth-order valence-corrected chi connectivity index (χ4v) is 3.97. The van der Waals surface area contributed by atoms with E-state index in [-0.39, 0.29) is 11.9 Å². The minimum absolute atomic E-state index is 0.0916.